The molecule has 0 aromatic rings. The van der Waals surface area contributed by atoms with E-state index in [2.05, 4.69) is 11.6 Å². The standard InChI is InChI=1S/C8H20N2O2S/c1-2-3-4-5-6-7-8-10-13(9,11)12/h10H,2-8H2,1H3,(H2,9,11,12). The van der Waals surface area contributed by atoms with E-state index in [0.29, 0.717) is 6.54 Å². The third-order valence-electron chi connectivity index (χ3n) is 1.83. The van der Waals surface area contributed by atoms with Crippen molar-refractivity contribution in [3.63, 3.8) is 0 Å². The van der Waals surface area contributed by atoms with Crippen molar-refractivity contribution in [2.24, 2.45) is 5.14 Å². The van der Waals surface area contributed by atoms with E-state index in [-0.39, 0.29) is 0 Å². The first kappa shape index (κ1) is 12.9. The maximum absolute atomic E-state index is 10.4. The zero-order valence-corrected chi connectivity index (χ0v) is 9.07. The molecule has 0 unspecified atom stereocenters. The molecule has 0 radical (unpaired) electrons. The predicted octanol–water partition coefficient (Wildman–Crippen LogP) is 1.14. The van der Waals surface area contributed by atoms with Gasteiger partial charge in [0.2, 0.25) is 0 Å². The molecule has 0 aliphatic carbocycles. The molecule has 0 atom stereocenters. The van der Waals surface area contributed by atoms with Crippen LogP contribution in [0.1, 0.15) is 45.4 Å². The topological polar surface area (TPSA) is 72.2 Å². The average molecular weight is 208 g/mol. The average Bonchev–Trinajstić information content (AvgIpc) is 2.01. The predicted molar refractivity (Wildman–Crippen MR) is 54.5 cm³/mol. The molecule has 5 heteroatoms. The van der Waals surface area contributed by atoms with Gasteiger partial charge in [0.15, 0.2) is 0 Å². The third-order valence-corrected chi connectivity index (χ3v) is 2.44. The van der Waals surface area contributed by atoms with Crippen LogP contribution in [0.2, 0.25) is 0 Å². The van der Waals surface area contributed by atoms with Gasteiger partial charge in [-0.1, -0.05) is 39.0 Å². The molecular formula is C8H20N2O2S. The van der Waals surface area contributed by atoms with E-state index in [0.717, 1.165) is 12.8 Å². The summed E-state index contributed by atoms with van der Waals surface area (Å²) in [5.41, 5.74) is 0. The van der Waals surface area contributed by atoms with Gasteiger partial charge in [0.1, 0.15) is 0 Å². The van der Waals surface area contributed by atoms with Gasteiger partial charge in [0, 0.05) is 6.54 Å². The molecular weight excluding hydrogens is 188 g/mol. The van der Waals surface area contributed by atoms with Crippen molar-refractivity contribution in [1.29, 1.82) is 0 Å². The molecule has 0 spiro atoms. The second-order valence-electron chi connectivity index (χ2n) is 3.21. The Labute approximate surface area is 81.1 Å². The molecule has 0 saturated carbocycles. The van der Waals surface area contributed by atoms with E-state index >= 15 is 0 Å². The summed E-state index contributed by atoms with van der Waals surface area (Å²) in [4.78, 5) is 0. The first-order valence-corrected chi connectivity index (χ1v) is 6.38. The summed E-state index contributed by atoms with van der Waals surface area (Å²) >= 11 is 0. The Balaban J connectivity index is 3.09. The highest BCUT2D eigenvalue weighted by Gasteiger charge is 1.98. The highest BCUT2D eigenvalue weighted by atomic mass is 32.2. The Hall–Kier alpha value is -0.130. The van der Waals surface area contributed by atoms with Crippen molar-refractivity contribution in [2.45, 2.75) is 45.4 Å². The zero-order chi connectivity index (χ0) is 10.2. The highest BCUT2D eigenvalue weighted by Crippen LogP contribution is 2.03. The molecule has 4 nitrogen and oxygen atoms in total. The SMILES string of the molecule is CCCCCCCCNS(N)(=O)=O. The van der Waals surface area contributed by atoms with E-state index in [1.54, 1.807) is 0 Å². The minimum atomic E-state index is -3.47. The van der Waals surface area contributed by atoms with Crippen LogP contribution < -0.4 is 9.86 Å². The highest BCUT2D eigenvalue weighted by molar-refractivity contribution is 7.87. The fraction of sp³-hybridized carbons (Fsp3) is 1.00. The van der Waals surface area contributed by atoms with Crippen molar-refractivity contribution < 1.29 is 8.42 Å². The molecule has 0 amide bonds. The van der Waals surface area contributed by atoms with Gasteiger partial charge >= 0.3 is 0 Å². The molecule has 0 rings (SSSR count). The van der Waals surface area contributed by atoms with Gasteiger partial charge in [0.25, 0.3) is 10.2 Å². The molecule has 0 saturated heterocycles. The van der Waals surface area contributed by atoms with Gasteiger partial charge in [-0.2, -0.15) is 8.42 Å². The Bertz CT molecular complexity index is 202. The monoisotopic (exact) mass is 208 g/mol. The molecule has 0 bridgehead atoms. The van der Waals surface area contributed by atoms with Gasteiger partial charge in [0.05, 0.1) is 0 Å². The molecule has 0 aliphatic heterocycles. The number of hydrogen-bond donors (Lipinski definition) is 2. The molecule has 0 aromatic heterocycles. The largest absolute Gasteiger partial charge is 0.274 e. The zero-order valence-electron chi connectivity index (χ0n) is 8.25. The molecule has 80 valence electrons. The Morgan fingerprint density at radius 3 is 2.15 bits per heavy atom. The fourth-order valence-corrected chi connectivity index (χ4v) is 1.55. The smallest absolute Gasteiger partial charge is 0.216 e. The molecule has 3 N–H and O–H groups in total. The Morgan fingerprint density at radius 2 is 1.62 bits per heavy atom. The summed E-state index contributed by atoms with van der Waals surface area (Å²) in [5.74, 6) is 0. The summed E-state index contributed by atoms with van der Waals surface area (Å²) in [6.45, 7) is 2.63. The van der Waals surface area contributed by atoms with Crippen LogP contribution in [0.15, 0.2) is 0 Å². The van der Waals surface area contributed by atoms with Crippen LogP contribution in [0.5, 0.6) is 0 Å². The van der Waals surface area contributed by atoms with E-state index in [4.69, 9.17) is 5.14 Å². The lowest BCUT2D eigenvalue weighted by Crippen LogP contribution is -2.31. The summed E-state index contributed by atoms with van der Waals surface area (Å²) in [6, 6.07) is 0. The maximum atomic E-state index is 10.4. The Morgan fingerprint density at radius 1 is 1.08 bits per heavy atom. The van der Waals surface area contributed by atoms with Crippen molar-refractivity contribution >= 4 is 10.2 Å². The number of nitrogens with two attached hydrogens (primary N) is 1. The summed E-state index contributed by atoms with van der Waals surface area (Å²) in [7, 11) is -3.47. The Kier molecular flexibility index (Phi) is 7.22. The number of hydrogen-bond acceptors (Lipinski definition) is 2. The lowest BCUT2D eigenvalue weighted by atomic mass is 10.1. The van der Waals surface area contributed by atoms with Gasteiger partial charge in [-0.25, -0.2) is 9.86 Å². The third kappa shape index (κ3) is 11.9. The molecule has 0 aliphatic rings. The molecule has 0 fully saturated rings. The van der Waals surface area contributed by atoms with Crippen LogP contribution in [0.4, 0.5) is 0 Å². The van der Waals surface area contributed by atoms with E-state index in [1.165, 1.54) is 25.7 Å². The van der Waals surface area contributed by atoms with Crippen LogP contribution in [0.3, 0.4) is 0 Å². The van der Waals surface area contributed by atoms with E-state index < -0.39 is 10.2 Å². The van der Waals surface area contributed by atoms with Gasteiger partial charge < -0.3 is 0 Å². The van der Waals surface area contributed by atoms with Crippen molar-refractivity contribution in [3.8, 4) is 0 Å². The molecule has 0 heterocycles. The second kappa shape index (κ2) is 7.29. The van der Waals surface area contributed by atoms with Crippen LogP contribution in [-0.2, 0) is 10.2 Å². The van der Waals surface area contributed by atoms with Crippen LogP contribution in [0, 0.1) is 0 Å². The number of unbranched alkanes of at least 4 members (excludes halogenated alkanes) is 5. The second-order valence-corrected chi connectivity index (χ2v) is 4.59. The van der Waals surface area contributed by atoms with Gasteiger partial charge in [-0.15, -0.1) is 0 Å². The number of nitrogens with one attached hydrogen (secondary N) is 1. The maximum Gasteiger partial charge on any atom is 0.274 e. The van der Waals surface area contributed by atoms with Crippen LogP contribution in [0.25, 0.3) is 0 Å². The molecule has 0 aromatic carbocycles. The lowest BCUT2D eigenvalue weighted by Gasteiger charge is -2.01. The van der Waals surface area contributed by atoms with Gasteiger partial charge in [-0.05, 0) is 6.42 Å². The normalized spacial score (nSPS) is 11.8. The van der Waals surface area contributed by atoms with Gasteiger partial charge in [-0.3, -0.25) is 0 Å². The fourth-order valence-electron chi connectivity index (χ4n) is 1.12. The summed E-state index contributed by atoms with van der Waals surface area (Å²) < 4.78 is 23.1. The number of rotatable bonds is 8. The van der Waals surface area contributed by atoms with Crippen molar-refractivity contribution in [1.82, 2.24) is 4.72 Å². The minimum Gasteiger partial charge on any atom is -0.216 e. The minimum absolute atomic E-state index is 0.463. The van der Waals surface area contributed by atoms with Crippen LogP contribution in [-0.4, -0.2) is 15.0 Å². The first-order valence-electron chi connectivity index (χ1n) is 4.83. The summed E-state index contributed by atoms with van der Waals surface area (Å²) in [5, 5.41) is 4.76. The van der Waals surface area contributed by atoms with Crippen LogP contribution >= 0.6 is 0 Å². The molecule has 13 heavy (non-hydrogen) atoms. The quantitative estimate of drug-likeness (QED) is 0.587. The van der Waals surface area contributed by atoms with E-state index in [9.17, 15) is 8.42 Å². The lowest BCUT2D eigenvalue weighted by molar-refractivity contribution is 0.569. The van der Waals surface area contributed by atoms with Crippen molar-refractivity contribution in [3.05, 3.63) is 0 Å². The first-order chi connectivity index (χ1) is 6.06. The van der Waals surface area contributed by atoms with E-state index in [1.807, 2.05) is 0 Å². The van der Waals surface area contributed by atoms with Crippen molar-refractivity contribution in [2.75, 3.05) is 6.54 Å². The summed E-state index contributed by atoms with van der Waals surface area (Å²) in [6.07, 6.45) is 6.87.